The Kier molecular flexibility index (Phi) is 6.04. The number of benzene rings is 4. The molecule has 5 nitrogen and oxygen atoms in total. The summed E-state index contributed by atoms with van der Waals surface area (Å²) in [5.41, 5.74) is 2.64. The lowest BCUT2D eigenvalue weighted by Gasteiger charge is -2.13. The SMILES string of the molecule is O=c1c2cn(-c3ccccc3)nc2nc(-c2ccc(-c3ccc(C(F)(F)F)cc3)cc2)n1-c1ccc(Cl)cc1. The lowest BCUT2D eigenvalue weighted by atomic mass is 10.0. The Bertz CT molecular complexity index is 1840. The Hall–Kier alpha value is -4.69. The van der Waals surface area contributed by atoms with Gasteiger partial charge in [0.15, 0.2) is 5.65 Å². The highest BCUT2D eigenvalue weighted by atomic mass is 35.5. The van der Waals surface area contributed by atoms with Crippen LogP contribution in [0, 0.1) is 0 Å². The second-order valence-corrected chi connectivity index (χ2v) is 9.29. The maximum absolute atomic E-state index is 13.8. The fourth-order valence-corrected chi connectivity index (χ4v) is 4.49. The van der Waals surface area contributed by atoms with E-state index in [9.17, 15) is 18.0 Å². The molecule has 0 fully saturated rings. The third-order valence-electron chi connectivity index (χ3n) is 6.35. The predicted molar refractivity (Wildman–Crippen MR) is 145 cm³/mol. The standard InChI is InChI=1S/C30H18ClF3N4O/c31-23-14-16-25(17-15-23)38-28(35-27-26(29(38)39)18-37(36-27)24-4-2-1-3-5-24)21-8-6-19(7-9-21)20-10-12-22(13-11-20)30(32,33)34/h1-18H. The van der Waals surface area contributed by atoms with Crippen molar-refractivity contribution in [2.75, 3.05) is 0 Å². The fraction of sp³-hybridized carbons (Fsp3) is 0.0333. The van der Waals surface area contributed by atoms with Crippen molar-refractivity contribution in [2.45, 2.75) is 6.18 Å². The van der Waals surface area contributed by atoms with Gasteiger partial charge in [0.25, 0.3) is 5.56 Å². The molecule has 0 N–H and O–H groups in total. The van der Waals surface area contributed by atoms with Crippen LogP contribution < -0.4 is 5.56 Å². The summed E-state index contributed by atoms with van der Waals surface area (Å²) in [6.45, 7) is 0. The van der Waals surface area contributed by atoms with Crippen LogP contribution in [-0.2, 0) is 6.18 Å². The first-order valence-corrected chi connectivity index (χ1v) is 12.3. The summed E-state index contributed by atoms with van der Waals surface area (Å²) in [5, 5.41) is 5.43. The minimum atomic E-state index is -4.40. The molecule has 6 aromatic rings. The van der Waals surface area contributed by atoms with Crippen LogP contribution >= 0.6 is 11.6 Å². The zero-order chi connectivity index (χ0) is 27.1. The van der Waals surface area contributed by atoms with Gasteiger partial charge in [-0.05, 0) is 59.7 Å². The molecule has 0 aliphatic heterocycles. The normalized spacial score (nSPS) is 11.7. The lowest BCUT2D eigenvalue weighted by Crippen LogP contribution is -2.21. The third-order valence-corrected chi connectivity index (χ3v) is 6.60. The molecule has 9 heteroatoms. The van der Waals surface area contributed by atoms with Crippen molar-refractivity contribution in [3.63, 3.8) is 0 Å². The van der Waals surface area contributed by atoms with Crippen molar-refractivity contribution in [1.82, 2.24) is 19.3 Å². The van der Waals surface area contributed by atoms with E-state index in [1.165, 1.54) is 16.7 Å². The molecule has 0 aliphatic rings. The molecule has 0 atom stereocenters. The number of aromatic nitrogens is 4. The molecule has 0 aliphatic carbocycles. The maximum atomic E-state index is 13.8. The van der Waals surface area contributed by atoms with Gasteiger partial charge in [-0.15, -0.1) is 5.10 Å². The second-order valence-electron chi connectivity index (χ2n) is 8.85. The average molecular weight is 543 g/mol. The van der Waals surface area contributed by atoms with Crippen LogP contribution in [0.4, 0.5) is 13.2 Å². The molecule has 192 valence electrons. The second kappa shape index (κ2) is 9.56. The van der Waals surface area contributed by atoms with Crippen LogP contribution in [0.2, 0.25) is 5.02 Å². The fourth-order valence-electron chi connectivity index (χ4n) is 4.36. The first kappa shape index (κ1) is 24.6. The number of para-hydroxylation sites is 1. The van der Waals surface area contributed by atoms with Gasteiger partial charge in [0.05, 0.1) is 16.9 Å². The molecule has 0 saturated carbocycles. The summed E-state index contributed by atoms with van der Waals surface area (Å²) in [5.74, 6) is 0.368. The minimum absolute atomic E-state index is 0.288. The van der Waals surface area contributed by atoms with Crippen LogP contribution in [-0.4, -0.2) is 19.3 Å². The number of rotatable bonds is 4. The zero-order valence-corrected chi connectivity index (χ0v) is 20.9. The Morgan fingerprint density at radius 2 is 1.28 bits per heavy atom. The van der Waals surface area contributed by atoms with Gasteiger partial charge >= 0.3 is 6.18 Å². The van der Waals surface area contributed by atoms with Crippen LogP contribution in [0.3, 0.4) is 0 Å². The van der Waals surface area contributed by atoms with Gasteiger partial charge in [-0.2, -0.15) is 13.2 Å². The molecular formula is C30H18ClF3N4O. The number of hydrogen-bond acceptors (Lipinski definition) is 3. The van der Waals surface area contributed by atoms with Gasteiger partial charge in [-0.1, -0.05) is 66.2 Å². The van der Waals surface area contributed by atoms with E-state index in [1.54, 1.807) is 59.4 Å². The maximum Gasteiger partial charge on any atom is 0.416 e. The first-order chi connectivity index (χ1) is 18.8. The molecule has 6 rings (SSSR count). The smallest absolute Gasteiger partial charge is 0.268 e. The Morgan fingerprint density at radius 1 is 0.692 bits per heavy atom. The van der Waals surface area contributed by atoms with Gasteiger partial charge in [0.2, 0.25) is 0 Å². The highest BCUT2D eigenvalue weighted by Gasteiger charge is 2.30. The molecule has 0 unspecified atom stereocenters. The molecule has 0 saturated heterocycles. The van der Waals surface area contributed by atoms with Crippen molar-refractivity contribution < 1.29 is 13.2 Å². The van der Waals surface area contributed by atoms with Crippen LogP contribution in [0.1, 0.15) is 5.56 Å². The molecule has 0 radical (unpaired) electrons. The van der Waals surface area contributed by atoms with Gasteiger partial charge in [-0.25, -0.2) is 9.67 Å². The Morgan fingerprint density at radius 3 is 1.90 bits per heavy atom. The molecule has 2 heterocycles. The van der Waals surface area contributed by atoms with Gasteiger partial charge in [-0.3, -0.25) is 9.36 Å². The molecule has 39 heavy (non-hydrogen) atoms. The van der Waals surface area contributed by atoms with E-state index >= 15 is 0 Å². The predicted octanol–water partition coefficient (Wildman–Crippen LogP) is 7.58. The van der Waals surface area contributed by atoms with Gasteiger partial charge < -0.3 is 0 Å². The molecule has 2 aromatic heterocycles. The van der Waals surface area contributed by atoms with E-state index in [2.05, 4.69) is 5.10 Å². The average Bonchev–Trinajstić information content (AvgIpc) is 3.39. The van der Waals surface area contributed by atoms with E-state index in [-0.39, 0.29) is 11.2 Å². The van der Waals surface area contributed by atoms with E-state index < -0.39 is 11.7 Å². The monoisotopic (exact) mass is 542 g/mol. The molecular weight excluding hydrogens is 525 g/mol. The van der Waals surface area contributed by atoms with Gasteiger partial charge in [0, 0.05) is 16.8 Å². The van der Waals surface area contributed by atoms with Crippen molar-refractivity contribution in [3.05, 3.63) is 130 Å². The quantitative estimate of drug-likeness (QED) is 0.231. The number of halogens is 4. The number of fused-ring (bicyclic) bond motifs is 1. The lowest BCUT2D eigenvalue weighted by molar-refractivity contribution is -0.137. The number of nitrogens with zero attached hydrogens (tertiary/aromatic N) is 4. The highest BCUT2D eigenvalue weighted by Crippen LogP contribution is 2.32. The van der Waals surface area contributed by atoms with Crippen LogP contribution in [0.25, 0.3) is 44.9 Å². The van der Waals surface area contributed by atoms with Crippen LogP contribution in [0.5, 0.6) is 0 Å². The summed E-state index contributed by atoms with van der Waals surface area (Å²) >= 11 is 6.09. The van der Waals surface area contributed by atoms with Crippen molar-refractivity contribution in [1.29, 1.82) is 0 Å². The molecule has 0 spiro atoms. The molecule has 4 aromatic carbocycles. The number of hydrogen-bond donors (Lipinski definition) is 0. The summed E-state index contributed by atoms with van der Waals surface area (Å²) in [6.07, 6.45) is -2.74. The van der Waals surface area contributed by atoms with E-state index in [1.807, 2.05) is 30.3 Å². The zero-order valence-electron chi connectivity index (χ0n) is 20.1. The summed E-state index contributed by atoms with van der Waals surface area (Å²) in [4.78, 5) is 18.6. The summed E-state index contributed by atoms with van der Waals surface area (Å²) in [6, 6.07) is 28.4. The molecule has 0 bridgehead atoms. The molecule has 0 amide bonds. The van der Waals surface area contributed by atoms with Gasteiger partial charge in [0.1, 0.15) is 11.2 Å². The Balaban J connectivity index is 1.48. The summed E-state index contributed by atoms with van der Waals surface area (Å²) < 4.78 is 42.0. The third kappa shape index (κ3) is 4.70. The van der Waals surface area contributed by atoms with Crippen molar-refractivity contribution >= 4 is 22.6 Å². The van der Waals surface area contributed by atoms with E-state index in [0.717, 1.165) is 23.4 Å². The van der Waals surface area contributed by atoms with Crippen molar-refractivity contribution in [2.24, 2.45) is 0 Å². The first-order valence-electron chi connectivity index (χ1n) is 11.9. The topological polar surface area (TPSA) is 52.7 Å². The number of alkyl halides is 3. The van der Waals surface area contributed by atoms with Crippen LogP contribution in [0.15, 0.2) is 114 Å². The highest BCUT2D eigenvalue weighted by molar-refractivity contribution is 6.30. The Labute approximate surface area is 225 Å². The van der Waals surface area contributed by atoms with Crippen molar-refractivity contribution in [3.8, 4) is 33.9 Å². The minimum Gasteiger partial charge on any atom is -0.268 e. The summed E-state index contributed by atoms with van der Waals surface area (Å²) in [7, 11) is 0. The van der Waals surface area contributed by atoms with E-state index in [0.29, 0.717) is 33.0 Å². The largest absolute Gasteiger partial charge is 0.416 e. The van der Waals surface area contributed by atoms with E-state index in [4.69, 9.17) is 16.6 Å².